The van der Waals surface area contributed by atoms with Gasteiger partial charge in [0.15, 0.2) is 6.10 Å². The van der Waals surface area contributed by atoms with Gasteiger partial charge in [-0.15, -0.1) is 0 Å². The van der Waals surface area contributed by atoms with Gasteiger partial charge in [-0.3, -0.25) is 9.59 Å². The maximum absolute atomic E-state index is 12.2. The fourth-order valence-electron chi connectivity index (χ4n) is 2.12. The molecule has 2 aromatic carbocycles. The molecule has 0 aliphatic carbocycles. The number of halogens is 1. The first-order chi connectivity index (χ1) is 11.3. The van der Waals surface area contributed by atoms with Crippen LogP contribution in [0.1, 0.15) is 23.6 Å². The first-order valence-electron chi connectivity index (χ1n) is 7.67. The van der Waals surface area contributed by atoms with E-state index in [2.05, 4.69) is 21.2 Å². The second kappa shape index (κ2) is 8.11. The number of rotatable bonds is 5. The smallest absolute Gasteiger partial charge is 0.311 e. The lowest BCUT2D eigenvalue weighted by Gasteiger charge is -2.14. The predicted molar refractivity (Wildman–Crippen MR) is 97.9 cm³/mol. The standard InChI is InChI=1S/C19H20BrNO3/c1-12-4-7-15(8-5-12)11-18(22)24-14(3)19(23)21-17-9-6-13(2)10-16(17)20/h4-10,14H,11H2,1-3H3,(H,21,23)/t14-/m0/s1. The third-order valence-electron chi connectivity index (χ3n) is 3.53. The molecule has 0 aliphatic rings. The topological polar surface area (TPSA) is 55.4 Å². The van der Waals surface area contributed by atoms with Gasteiger partial charge in [0, 0.05) is 4.47 Å². The molecular weight excluding hydrogens is 370 g/mol. The van der Waals surface area contributed by atoms with Gasteiger partial charge in [0.1, 0.15) is 0 Å². The maximum atomic E-state index is 12.2. The largest absolute Gasteiger partial charge is 0.452 e. The number of amides is 1. The fourth-order valence-corrected chi connectivity index (χ4v) is 2.71. The highest BCUT2D eigenvalue weighted by Crippen LogP contribution is 2.23. The Labute approximate surface area is 150 Å². The van der Waals surface area contributed by atoms with Gasteiger partial charge >= 0.3 is 5.97 Å². The van der Waals surface area contributed by atoms with Gasteiger partial charge in [-0.25, -0.2) is 0 Å². The van der Waals surface area contributed by atoms with Gasteiger partial charge in [0.2, 0.25) is 0 Å². The van der Waals surface area contributed by atoms with Crippen LogP contribution in [0.15, 0.2) is 46.9 Å². The Bertz CT molecular complexity index is 741. The molecule has 2 rings (SSSR count). The zero-order valence-electron chi connectivity index (χ0n) is 13.9. The van der Waals surface area contributed by atoms with E-state index >= 15 is 0 Å². The summed E-state index contributed by atoms with van der Waals surface area (Å²) >= 11 is 3.40. The first-order valence-corrected chi connectivity index (χ1v) is 8.46. The van der Waals surface area contributed by atoms with Crippen LogP contribution in [0.4, 0.5) is 5.69 Å². The zero-order valence-corrected chi connectivity index (χ0v) is 15.5. The van der Waals surface area contributed by atoms with Crippen LogP contribution in [0.25, 0.3) is 0 Å². The lowest BCUT2D eigenvalue weighted by Crippen LogP contribution is -2.30. The molecule has 0 bridgehead atoms. The van der Waals surface area contributed by atoms with Crippen LogP contribution < -0.4 is 5.32 Å². The van der Waals surface area contributed by atoms with Crippen LogP contribution in [0, 0.1) is 13.8 Å². The maximum Gasteiger partial charge on any atom is 0.311 e. The van der Waals surface area contributed by atoms with Gasteiger partial charge < -0.3 is 10.1 Å². The number of ether oxygens (including phenoxy) is 1. The molecule has 0 heterocycles. The van der Waals surface area contributed by atoms with Crippen LogP contribution in [-0.2, 0) is 20.7 Å². The molecule has 5 heteroatoms. The third-order valence-corrected chi connectivity index (χ3v) is 4.19. The first kappa shape index (κ1) is 18.2. The van der Waals surface area contributed by atoms with Crippen molar-refractivity contribution in [2.45, 2.75) is 33.3 Å². The SMILES string of the molecule is Cc1ccc(CC(=O)O[C@@H](C)C(=O)Nc2ccc(C)cc2Br)cc1. The molecule has 0 saturated heterocycles. The summed E-state index contributed by atoms with van der Waals surface area (Å²) in [6, 6.07) is 13.2. The highest BCUT2D eigenvalue weighted by Gasteiger charge is 2.19. The molecule has 1 N–H and O–H groups in total. The zero-order chi connectivity index (χ0) is 17.7. The molecule has 2 aromatic rings. The molecule has 0 aliphatic heterocycles. The minimum Gasteiger partial charge on any atom is -0.452 e. The average molecular weight is 390 g/mol. The second-order valence-corrected chi connectivity index (χ2v) is 6.62. The van der Waals surface area contributed by atoms with E-state index in [1.807, 2.05) is 50.2 Å². The molecule has 24 heavy (non-hydrogen) atoms. The number of carbonyl (C=O) groups excluding carboxylic acids is 2. The van der Waals surface area contributed by atoms with E-state index in [1.54, 1.807) is 13.0 Å². The Morgan fingerprint density at radius 2 is 1.71 bits per heavy atom. The van der Waals surface area contributed by atoms with E-state index in [-0.39, 0.29) is 12.3 Å². The molecule has 126 valence electrons. The number of benzene rings is 2. The van der Waals surface area contributed by atoms with Crippen LogP contribution in [0.5, 0.6) is 0 Å². The van der Waals surface area contributed by atoms with Crippen LogP contribution in [0.3, 0.4) is 0 Å². The minimum absolute atomic E-state index is 0.145. The molecule has 0 unspecified atom stereocenters. The average Bonchev–Trinajstić information content (AvgIpc) is 2.52. The van der Waals surface area contributed by atoms with Crippen molar-refractivity contribution >= 4 is 33.5 Å². The van der Waals surface area contributed by atoms with Crippen molar-refractivity contribution < 1.29 is 14.3 Å². The van der Waals surface area contributed by atoms with Crippen molar-refractivity contribution in [3.05, 3.63) is 63.6 Å². The molecular formula is C19H20BrNO3. The summed E-state index contributed by atoms with van der Waals surface area (Å²) in [5.41, 5.74) is 3.72. The summed E-state index contributed by atoms with van der Waals surface area (Å²) in [5.74, 6) is -0.790. The van der Waals surface area contributed by atoms with Gasteiger partial charge in [0.05, 0.1) is 12.1 Å². The Kier molecular flexibility index (Phi) is 6.15. The number of anilines is 1. The summed E-state index contributed by atoms with van der Waals surface area (Å²) in [6.45, 7) is 5.51. The molecule has 0 saturated carbocycles. The predicted octanol–water partition coefficient (Wildman–Crippen LogP) is 4.18. The molecule has 0 fully saturated rings. The van der Waals surface area contributed by atoms with Gasteiger partial charge in [0.25, 0.3) is 5.91 Å². The number of carbonyl (C=O) groups is 2. The lowest BCUT2D eigenvalue weighted by molar-refractivity contribution is -0.152. The Morgan fingerprint density at radius 1 is 1.08 bits per heavy atom. The Balaban J connectivity index is 1.90. The van der Waals surface area contributed by atoms with Crippen molar-refractivity contribution in [1.29, 1.82) is 0 Å². The van der Waals surface area contributed by atoms with Crippen molar-refractivity contribution in [3.63, 3.8) is 0 Å². The van der Waals surface area contributed by atoms with Crippen molar-refractivity contribution in [1.82, 2.24) is 0 Å². The van der Waals surface area contributed by atoms with E-state index in [4.69, 9.17) is 4.74 Å². The summed E-state index contributed by atoms with van der Waals surface area (Å²) in [7, 11) is 0. The molecule has 0 spiro atoms. The number of esters is 1. The second-order valence-electron chi connectivity index (χ2n) is 5.77. The van der Waals surface area contributed by atoms with E-state index < -0.39 is 12.1 Å². The Morgan fingerprint density at radius 3 is 2.33 bits per heavy atom. The number of hydrogen-bond donors (Lipinski definition) is 1. The highest BCUT2D eigenvalue weighted by atomic mass is 79.9. The molecule has 0 aromatic heterocycles. The summed E-state index contributed by atoms with van der Waals surface area (Å²) in [6.07, 6.45) is -0.720. The molecule has 0 radical (unpaired) electrons. The van der Waals surface area contributed by atoms with E-state index in [0.29, 0.717) is 5.69 Å². The minimum atomic E-state index is -0.865. The van der Waals surface area contributed by atoms with Crippen molar-refractivity contribution in [2.75, 3.05) is 5.32 Å². The fraction of sp³-hybridized carbons (Fsp3) is 0.263. The lowest BCUT2D eigenvalue weighted by atomic mass is 10.1. The quantitative estimate of drug-likeness (QED) is 0.780. The van der Waals surface area contributed by atoms with Crippen LogP contribution in [-0.4, -0.2) is 18.0 Å². The number of hydrogen-bond acceptors (Lipinski definition) is 3. The van der Waals surface area contributed by atoms with E-state index in [1.165, 1.54) is 0 Å². The van der Waals surface area contributed by atoms with Gasteiger partial charge in [-0.2, -0.15) is 0 Å². The third kappa shape index (κ3) is 5.20. The van der Waals surface area contributed by atoms with E-state index in [9.17, 15) is 9.59 Å². The molecule has 4 nitrogen and oxygen atoms in total. The van der Waals surface area contributed by atoms with Crippen molar-refractivity contribution in [3.8, 4) is 0 Å². The summed E-state index contributed by atoms with van der Waals surface area (Å²) in [5, 5.41) is 2.75. The molecule has 1 amide bonds. The summed E-state index contributed by atoms with van der Waals surface area (Å²) < 4.78 is 6.00. The molecule has 1 atom stereocenters. The number of aryl methyl sites for hydroxylation is 2. The normalized spacial score (nSPS) is 11.7. The van der Waals surface area contributed by atoms with Gasteiger partial charge in [-0.1, -0.05) is 35.9 Å². The van der Waals surface area contributed by atoms with Crippen LogP contribution in [0.2, 0.25) is 0 Å². The summed E-state index contributed by atoms with van der Waals surface area (Å²) in [4.78, 5) is 24.1. The van der Waals surface area contributed by atoms with Crippen LogP contribution >= 0.6 is 15.9 Å². The van der Waals surface area contributed by atoms with E-state index in [0.717, 1.165) is 21.2 Å². The van der Waals surface area contributed by atoms with Crippen molar-refractivity contribution in [2.24, 2.45) is 0 Å². The highest BCUT2D eigenvalue weighted by molar-refractivity contribution is 9.10. The van der Waals surface area contributed by atoms with Gasteiger partial charge in [-0.05, 0) is 60.0 Å². The monoisotopic (exact) mass is 389 g/mol. The Hall–Kier alpha value is -2.14. The number of nitrogens with one attached hydrogen (secondary N) is 1.